The lowest BCUT2D eigenvalue weighted by molar-refractivity contribution is 0.0410. The Kier molecular flexibility index (Phi) is 6.19. The van der Waals surface area contributed by atoms with E-state index in [0.717, 1.165) is 61.7 Å². The summed E-state index contributed by atoms with van der Waals surface area (Å²) in [5.74, 6) is 1.97. The predicted molar refractivity (Wildman–Crippen MR) is 109 cm³/mol. The number of morpholine rings is 1. The van der Waals surface area contributed by atoms with Crippen LogP contribution in [-0.4, -0.2) is 58.3 Å². The van der Waals surface area contributed by atoms with Crippen LogP contribution in [0.1, 0.15) is 11.4 Å². The fourth-order valence-corrected chi connectivity index (χ4v) is 4.18. The molecule has 1 fully saturated rings. The number of nitrogens with zero attached hydrogens (tertiary/aromatic N) is 4. The molecule has 0 N–H and O–H groups in total. The lowest BCUT2D eigenvalue weighted by Gasteiger charge is -2.26. The molecule has 0 radical (unpaired) electrons. The minimum absolute atomic E-state index is 0.771. The molecule has 4 rings (SSSR count). The van der Waals surface area contributed by atoms with Gasteiger partial charge < -0.3 is 4.74 Å². The highest BCUT2D eigenvalue weighted by molar-refractivity contribution is 7.99. The molecule has 5 nitrogen and oxygen atoms in total. The summed E-state index contributed by atoms with van der Waals surface area (Å²) in [6.45, 7) is 4.76. The predicted octanol–water partition coefficient (Wildman–Crippen LogP) is 3.28. The smallest absolute Gasteiger partial charge is 0.195 e. The Morgan fingerprint density at radius 3 is 2.33 bits per heavy atom. The largest absolute Gasteiger partial charge is 0.379 e. The Hall–Kier alpha value is -2.15. The Labute approximate surface area is 164 Å². The minimum atomic E-state index is 0.771. The number of thioether (sulfide) groups is 1. The molecule has 27 heavy (non-hydrogen) atoms. The first kappa shape index (κ1) is 18.2. The van der Waals surface area contributed by atoms with Gasteiger partial charge in [-0.2, -0.15) is 0 Å². The summed E-state index contributed by atoms with van der Waals surface area (Å²) in [6, 6.07) is 20.8. The van der Waals surface area contributed by atoms with Gasteiger partial charge in [0, 0.05) is 37.5 Å². The van der Waals surface area contributed by atoms with Crippen molar-refractivity contribution in [2.75, 3.05) is 38.6 Å². The lowest BCUT2D eigenvalue weighted by Crippen LogP contribution is -2.37. The number of rotatable bonds is 7. The molecule has 0 spiro atoms. The maximum absolute atomic E-state index is 5.43. The van der Waals surface area contributed by atoms with Crippen molar-refractivity contribution in [2.45, 2.75) is 11.6 Å². The molecule has 1 saturated heterocycles. The molecule has 0 atom stereocenters. The quantitative estimate of drug-likeness (QED) is 0.589. The fraction of sp³-hybridized carbons (Fsp3) is 0.333. The molecule has 6 heteroatoms. The van der Waals surface area contributed by atoms with E-state index in [1.807, 2.05) is 12.1 Å². The van der Waals surface area contributed by atoms with Crippen molar-refractivity contribution in [3.8, 4) is 5.69 Å². The highest BCUT2D eigenvalue weighted by Gasteiger charge is 2.16. The summed E-state index contributed by atoms with van der Waals surface area (Å²) in [4.78, 5) is 2.45. The molecule has 2 heterocycles. The number of aromatic nitrogens is 3. The van der Waals surface area contributed by atoms with E-state index >= 15 is 0 Å². The zero-order chi connectivity index (χ0) is 18.3. The van der Waals surface area contributed by atoms with Crippen LogP contribution in [0.2, 0.25) is 0 Å². The second kappa shape index (κ2) is 9.17. The topological polar surface area (TPSA) is 43.2 Å². The van der Waals surface area contributed by atoms with E-state index in [9.17, 15) is 0 Å². The van der Waals surface area contributed by atoms with Crippen molar-refractivity contribution < 1.29 is 4.74 Å². The third kappa shape index (κ3) is 4.77. The maximum atomic E-state index is 5.43. The van der Waals surface area contributed by atoms with Gasteiger partial charge in [0.25, 0.3) is 0 Å². The summed E-state index contributed by atoms with van der Waals surface area (Å²) in [7, 11) is 0. The lowest BCUT2D eigenvalue weighted by atomic mass is 10.1. The Balaban J connectivity index is 1.52. The first-order valence-corrected chi connectivity index (χ1v) is 10.4. The van der Waals surface area contributed by atoms with Crippen LogP contribution in [0.5, 0.6) is 0 Å². The SMILES string of the molecule is c1ccc(Cc2nnc(SCCN3CCOCC3)n2-c2ccccc2)cc1. The van der Waals surface area contributed by atoms with Crippen LogP contribution in [0.3, 0.4) is 0 Å². The van der Waals surface area contributed by atoms with Crippen molar-refractivity contribution >= 4 is 11.8 Å². The molecule has 1 aliphatic rings. The van der Waals surface area contributed by atoms with Gasteiger partial charge in [-0.15, -0.1) is 10.2 Å². The summed E-state index contributed by atoms with van der Waals surface area (Å²) in [5.41, 5.74) is 2.36. The second-order valence-electron chi connectivity index (χ2n) is 6.53. The van der Waals surface area contributed by atoms with Gasteiger partial charge in [-0.1, -0.05) is 60.3 Å². The van der Waals surface area contributed by atoms with Crippen LogP contribution in [0.4, 0.5) is 0 Å². The molecule has 1 aliphatic heterocycles. The van der Waals surface area contributed by atoms with Crippen molar-refractivity contribution in [1.82, 2.24) is 19.7 Å². The van der Waals surface area contributed by atoms with Crippen LogP contribution >= 0.6 is 11.8 Å². The Morgan fingerprint density at radius 1 is 0.889 bits per heavy atom. The van der Waals surface area contributed by atoms with Gasteiger partial charge in [0.05, 0.1) is 13.2 Å². The molecule has 0 amide bonds. The second-order valence-corrected chi connectivity index (χ2v) is 7.60. The highest BCUT2D eigenvalue weighted by Crippen LogP contribution is 2.23. The van der Waals surface area contributed by atoms with Crippen molar-refractivity contribution in [3.05, 3.63) is 72.1 Å². The highest BCUT2D eigenvalue weighted by atomic mass is 32.2. The number of benzene rings is 2. The minimum Gasteiger partial charge on any atom is -0.379 e. The summed E-state index contributed by atoms with van der Waals surface area (Å²) >= 11 is 1.77. The van der Waals surface area contributed by atoms with Crippen LogP contribution in [0, 0.1) is 0 Å². The Bertz CT molecular complexity index is 832. The van der Waals surface area contributed by atoms with Crippen LogP contribution in [0.15, 0.2) is 65.8 Å². The molecule has 0 aliphatic carbocycles. The normalized spacial score (nSPS) is 15.1. The molecule has 140 valence electrons. The van der Waals surface area contributed by atoms with Gasteiger partial charge in [-0.25, -0.2) is 0 Å². The van der Waals surface area contributed by atoms with E-state index in [-0.39, 0.29) is 0 Å². The van der Waals surface area contributed by atoms with Crippen LogP contribution in [0.25, 0.3) is 5.69 Å². The molecule has 1 aromatic heterocycles. The van der Waals surface area contributed by atoms with Gasteiger partial charge in [0.2, 0.25) is 0 Å². The van der Waals surface area contributed by atoms with Gasteiger partial charge >= 0.3 is 0 Å². The zero-order valence-corrected chi connectivity index (χ0v) is 16.1. The molecular weight excluding hydrogens is 356 g/mol. The number of para-hydroxylation sites is 1. The number of hydrogen-bond acceptors (Lipinski definition) is 5. The zero-order valence-electron chi connectivity index (χ0n) is 15.3. The van der Waals surface area contributed by atoms with Gasteiger partial charge in [-0.05, 0) is 17.7 Å². The van der Waals surface area contributed by atoms with Crippen LogP contribution in [-0.2, 0) is 11.2 Å². The van der Waals surface area contributed by atoms with E-state index in [1.165, 1.54) is 5.56 Å². The Morgan fingerprint density at radius 2 is 1.59 bits per heavy atom. The molecule has 0 saturated carbocycles. The third-order valence-corrected chi connectivity index (χ3v) is 5.57. The van der Waals surface area contributed by atoms with E-state index in [2.05, 4.69) is 68.2 Å². The van der Waals surface area contributed by atoms with Gasteiger partial charge in [0.15, 0.2) is 5.16 Å². The summed E-state index contributed by atoms with van der Waals surface area (Å²) in [6.07, 6.45) is 0.771. The van der Waals surface area contributed by atoms with Crippen molar-refractivity contribution in [1.29, 1.82) is 0 Å². The summed E-state index contributed by atoms with van der Waals surface area (Å²) in [5, 5.41) is 9.97. The van der Waals surface area contributed by atoms with E-state index in [1.54, 1.807) is 11.8 Å². The molecule has 0 unspecified atom stereocenters. The molecule has 3 aromatic rings. The van der Waals surface area contributed by atoms with E-state index in [4.69, 9.17) is 4.74 Å². The molecular formula is C21H24N4OS. The van der Waals surface area contributed by atoms with Gasteiger partial charge in [-0.3, -0.25) is 9.47 Å². The van der Waals surface area contributed by atoms with Crippen molar-refractivity contribution in [2.24, 2.45) is 0 Å². The molecule has 0 bridgehead atoms. The standard InChI is InChI=1S/C21H24N4OS/c1-3-7-18(8-4-1)17-20-22-23-21(25(20)19-9-5-2-6-10-19)27-16-13-24-11-14-26-15-12-24/h1-10H,11-17H2. The van der Waals surface area contributed by atoms with Gasteiger partial charge in [0.1, 0.15) is 5.82 Å². The first-order chi connectivity index (χ1) is 13.4. The number of hydrogen-bond donors (Lipinski definition) is 0. The van der Waals surface area contributed by atoms with E-state index in [0.29, 0.717) is 0 Å². The average Bonchev–Trinajstić information content (AvgIpc) is 3.12. The third-order valence-electron chi connectivity index (χ3n) is 4.66. The fourth-order valence-electron chi connectivity index (χ4n) is 3.21. The number of ether oxygens (including phenoxy) is 1. The summed E-state index contributed by atoms with van der Waals surface area (Å²) < 4.78 is 7.62. The first-order valence-electron chi connectivity index (χ1n) is 9.37. The van der Waals surface area contributed by atoms with Crippen LogP contribution < -0.4 is 0 Å². The van der Waals surface area contributed by atoms with Crippen molar-refractivity contribution in [3.63, 3.8) is 0 Å². The monoisotopic (exact) mass is 380 g/mol. The van der Waals surface area contributed by atoms with E-state index < -0.39 is 0 Å². The molecule has 2 aromatic carbocycles. The maximum Gasteiger partial charge on any atom is 0.195 e. The average molecular weight is 381 g/mol.